The number of amides is 1. The van der Waals surface area contributed by atoms with Crippen LogP contribution < -0.4 is 15.6 Å². The number of carbonyl (C=O) groups is 1. The summed E-state index contributed by atoms with van der Waals surface area (Å²) in [4.78, 5) is 18.2. The molecule has 0 spiro atoms. The van der Waals surface area contributed by atoms with Gasteiger partial charge in [-0.2, -0.15) is 0 Å². The van der Waals surface area contributed by atoms with Crippen LogP contribution in [0.1, 0.15) is 23.1 Å². The molecule has 7 nitrogen and oxygen atoms in total. The molecule has 1 amide bonds. The van der Waals surface area contributed by atoms with E-state index in [0.29, 0.717) is 42.7 Å². The van der Waals surface area contributed by atoms with Gasteiger partial charge in [0.1, 0.15) is 12.4 Å². The number of rotatable bonds is 12. The highest BCUT2D eigenvalue weighted by Crippen LogP contribution is 2.28. The molecular formula is C28H29BrClN3O4. The van der Waals surface area contributed by atoms with Gasteiger partial charge in [-0.3, -0.25) is 10.2 Å². The highest BCUT2D eigenvalue weighted by Gasteiger charge is 2.44. The lowest BCUT2D eigenvalue weighted by Crippen LogP contribution is -2.53. The van der Waals surface area contributed by atoms with Crippen molar-refractivity contribution in [3.05, 3.63) is 99.0 Å². The van der Waals surface area contributed by atoms with Crippen molar-refractivity contribution in [1.82, 2.24) is 10.9 Å². The molecule has 0 saturated heterocycles. The van der Waals surface area contributed by atoms with Gasteiger partial charge in [0.25, 0.3) is 5.91 Å². The second-order valence-electron chi connectivity index (χ2n) is 8.75. The molecule has 3 aromatic rings. The Labute approximate surface area is 230 Å². The van der Waals surface area contributed by atoms with Gasteiger partial charge in [0, 0.05) is 41.1 Å². The van der Waals surface area contributed by atoms with Gasteiger partial charge in [0.15, 0.2) is 5.54 Å². The molecule has 0 saturated carbocycles. The molecule has 1 aliphatic heterocycles. The number of aliphatic imine (C=N–C) groups is 1. The Hall–Kier alpha value is -2.91. The minimum atomic E-state index is -1.12. The third-order valence-corrected chi connectivity index (χ3v) is 6.70. The maximum absolute atomic E-state index is 13.4. The summed E-state index contributed by atoms with van der Waals surface area (Å²) in [5.74, 6) is 0.848. The van der Waals surface area contributed by atoms with E-state index in [1.165, 1.54) is 0 Å². The van der Waals surface area contributed by atoms with Crippen LogP contribution in [0, 0.1) is 0 Å². The van der Waals surface area contributed by atoms with Crippen LogP contribution in [0.3, 0.4) is 0 Å². The van der Waals surface area contributed by atoms with E-state index in [-0.39, 0.29) is 19.1 Å². The summed E-state index contributed by atoms with van der Waals surface area (Å²) in [7, 11) is 0. The van der Waals surface area contributed by atoms with E-state index in [9.17, 15) is 4.79 Å². The quantitative estimate of drug-likeness (QED) is 0.215. The van der Waals surface area contributed by atoms with E-state index in [4.69, 9.17) is 31.2 Å². The third-order valence-electron chi connectivity index (χ3n) is 5.92. The average molecular weight is 587 g/mol. The lowest BCUT2D eigenvalue weighted by molar-refractivity contribution is -0.127. The van der Waals surface area contributed by atoms with Crippen molar-refractivity contribution in [2.75, 3.05) is 26.4 Å². The molecule has 0 fully saturated rings. The molecule has 3 aromatic carbocycles. The summed E-state index contributed by atoms with van der Waals surface area (Å²) in [5.41, 5.74) is 7.60. The Balaban J connectivity index is 1.46. The molecule has 0 unspecified atom stereocenters. The Morgan fingerprint density at radius 3 is 2.46 bits per heavy atom. The Kier molecular flexibility index (Phi) is 9.57. The Bertz CT molecular complexity index is 1200. The molecule has 1 atom stereocenters. The zero-order valence-corrected chi connectivity index (χ0v) is 22.6. The number of benzene rings is 3. The summed E-state index contributed by atoms with van der Waals surface area (Å²) in [6.07, 6.45) is 1.69. The lowest BCUT2D eigenvalue weighted by Gasteiger charge is -2.23. The molecule has 9 heteroatoms. The molecule has 1 heterocycles. The van der Waals surface area contributed by atoms with Crippen LogP contribution in [0.15, 0.2) is 82.3 Å². The van der Waals surface area contributed by atoms with E-state index in [2.05, 4.69) is 26.8 Å². The van der Waals surface area contributed by atoms with Crippen LogP contribution >= 0.6 is 27.5 Å². The van der Waals surface area contributed by atoms with E-state index in [0.717, 1.165) is 27.6 Å². The molecule has 1 aliphatic rings. The van der Waals surface area contributed by atoms with Crippen molar-refractivity contribution in [3.8, 4) is 5.75 Å². The molecule has 0 radical (unpaired) electrons. The van der Waals surface area contributed by atoms with Crippen molar-refractivity contribution >= 4 is 39.3 Å². The first kappa shape index (κ1) is 27.1. The predicted octanol–water partition coefficient (Wildman–Crippen LogP) is 4.49. The summed E-state index contributed by atoms with van der Waals surface area (Å²) in [5, 5.41) is 9.61. The lowest BCUT2D eigenvalue weighted by atomic mass is 9.91. The SMILES string of the molecule is O=C(NNCCc1ccc(Cl)cc1)[C@]1(Cc2ccc(Br)cc2)COC(c2ccc(OCCCO)cc2)=N1. The molecular weight excluding hydrogens is 558 g/mol. The van der Waals surface area contributed by atoms with E-state index < -0.39 is 5.54 Å². The maximum atomic E-state index is 13.4. The van der Waals surface area contributed by atoms with Crippen molar-refractivity contribution in [3.63, 3.8) is 0 Å². The van der Waals surface area contributed by atoms with Gasteiger partial charge in [0.2, 0.25) is 5.90 Å². The number of hydrogen-bond acceptors (Lipinski definition) is 6. The summed E-state index contributed by atoms with van der Waals surface area (Å²) < 4.78 is 12.5. The minimum absolute atomic E-state index is 0.0846. The summed E-state index contributed by atoms with van der Waals surface area (Å²) in [6, 6.07) is 22.8. The first-order valence-corrected chi connectivity index (χ1v) is 13.2. The van der Waals surface area contributed by atoms with Crippen LogP contribution in [0.2, 0.25) is 5.02 Å². The van der Waals surface area contributed by atoms with Gasteiger partial charge in [-0.05, 0) is 66.1 Å². The molecule has 3 N–H and O–H groups in total. The number of carbonyl (C=O) groups excluding carboxylic acids is 1. The normalized spacial score (nSPS) is 16.7. The Morgan fingerprint density at radius 2 is 1.76 bits per heavy atom. The number of nitrogens with one attached hydrogen (secondary N) is 2. The molecule has 4 rings (SSSR count). The second-order valence-corrected chi connectivity index (χ2v) is 10.1. The fourth-order valence-electron chi connectivity index (χ4n) is 3.89. The van der Waals surface area contributed by atoms with Gasteiger partial charge < -0.3 is 14.6 Å². The average Bonchev–Trinajstić information content (AvgIpc) is 3.35. The first-order valence-electron chi connectivity index (χ1n) is 12.1. The van der Waals surface area contributed by atoms with Crippen molar-refractivity contribution in [2.45, 2.75) is 24.8 Å². The highest BCUT2D eigenvalue weighted by molar-refractivity contribution is 9.10. The van der Waals surface area contributed by atoms with Crippen molar-refractivity contribution in [2.24, 2.45) is 4.99 Å². The van der Waals surface area contributed by atoms with Crippen LogP contribution in [0.25, 0.3) is 0 Å². The smallest absolute Gasteiger partial charge is 0.266 e. The highest BCUT2D eigenvalue weighted by atomic mass is 79.9. The van der Waals surface area contributed by atoms with Gasteiger partial charge in [-0.1, -0.05) is 51.8 Å². The first-order chi connectivity index (χ1) is 18.0. The number of halogens is 2. The number of hydrazine groups is 1. The molecule has 0 aromatic heterocycles. The van der Waals surface area contributed by atoms with Crippen LogP contribution in [-0.4, -0.2) is 48.8 Å². The van der Waals surface area contributed by atoms with Gasteiger partial charge in [-0.25, -0.2) is 10.4 Å². The second kappa shape index (κ2) is 13.1. The van der Waals surface area contributed by atoms with Crippen molar-refractivity contribution < 1.29 is 19.4 Å². The third kappa shape index (κ3) is 7.55. The van der Waals surface area contributed by atoms with Crippen LogP contribution in [0.4, 0.5) is 0 Å². The van der Waals surface area contributed by atoms with Crippen LogP contribution in [0.5, 0.6) is 5.75 Å². The Morgan fingerprint density at radius 1 is 1.05 bits per heavy atom. The van der Waals surface area contributed by atoms with E-state index in [1.807, 2.05) is 72.8 Å². The number of hydrogen-bond donors (Lipinski definition) is 3. The molecule has 0 aliphatic carbocycles. The van der Waals surface area contributed by atoms with Crippen LogP contribution in [-0.2, 0) is 22.4 Å². The number of ether oxygens (including phenoxy) is 2. The summed E-state index contributed by atoms with van der Waals surface area (Å²) in [6.45, 7) is 1.20. The monoisotopic (exact) mass is 585 g/mol. The molecule has 37 heavy (non-hydrogen) atoms. The fourth-order valence-corrected chi connectivity index (χ4v) is 4.28. The van der Waals surface area contributed by atoms with E-state index >= 15 is 0 Å². The van der Waals surface area contributed by atoms with Gasteiger partial charge in [-0.15, -0.1) is 0 Å². The zero-order chi connectivity index (χ0) is 26.1. The minimum Gasteiger partial charge on any atom is -0.494 e. The van der Waals surface area contributed by atoms with E-state index in [1.54, 1.807) is 0 Å². The standard InChI is InChI=1S/C28H29BrClN3O4/c29-23-8-2-21(3-9-23)18-28(27(35)33-31-15-14-20-4-10-24(30)11-5-20)19-37-26(32-28)22-6-12-25(13-7-22)36-17-1-16-34/h2-13,31,34H,1,14-19H2,(H,33,35)/t28-/m0/s1. The maximum Gasteiger partial charge on any atom is 0.266 e. The predicted molar refractivity (Wildman–Crippen MR) is 148 cm³/mol. The number of aliphatic hydroxyl groups excluding tert-OH is 1. The summed E-state index contributed by atoms with van der Waals surface area (Å²) >= 11 is 9.41. The largest absolute Gasteiger partial charge is 0.494 e. The van der Waals surface area contributed by atoms with Gasteiger partial charge >= 0.3 is 0 Å². The zero-order valence-electron chi connectivity index (χ0n) is 20.3. The topological polar surface area (TPSA) is 92.2 Å². The molecule has 0 bridgehead atoms. The molecule has 194 valence electrons. The van der Waals surface area contributed by atoms with Crippen molar-refractivity contribution in [1.29, 1.82) is 0 Å². The fraction of sp³-hybridized carbons (Fsp3) is 0.286. The number of nitrogens with zero attached hydrogens (tertiary/aromatic N) is 1. The van der Waals surface area contributed by atoms with Gasteiger partial charge in [0.05, 0.1) is 6.61 Å². The number of aliphatic hydroxyl groups is 1.